The number of unbranched alkanes of at least 4 members (excludes halogenated alkanes) is 6. The molecule has 0 bridgehead atoms. The molecule has 0 atom stereocenters. The molecular formula is C42H70Cl2F4N2O5S2. The van der Waals surface area contributed by atoms with Gasteiger partial charge in [0.25, 0.3) is 11.8 Å². The summed E-state index contributed by atoms with van der Waals surface area (Å²) in [4.78, 5) is 25.5. The van der Waals surface area contributed by atoms with Gasteiger partial charge in [-0.05, 0) is 76.4 Å². The highest BCUT2D eigenvalue weighted by Gasteiger charge is 2.38. The van der Waals surface area contributed by atoms with Crippen molar-refractivity contribution >= 4 is 66.6 Å². The molecule has 0 aliphatic heterocycles. The van der Waals surface area contributed by atoms with E-state index in [0.29, 0.717) is 16.9 Å². The third-order valence-electron chi connectivity index (χ3n) is 8.54. The van der Waals surface area contributed by atoms with Crippen molar-refractivity contribution in [1.29, 1.82) is 0 Å². The first kappa shape index (κ1) is 59.3. The van der Waals surface area contributed by atoms with Crippen LogP contribution in [0.25, 0.3) is 0 Å². The first-order valence-corrected chi connectivity index (χ1v) is 22.1. The number of alkyl halides is 4. The van der Waals surface area contributed by atoms with Crippen molar-refractivity contribution in [2.24, 2.45) is 0 Å². The average Bonchev–Trinajstić information content (AvgIpc) is 3.05. The highest BCUT2D eigenvalue weighted by Crippen LogP contribution is 2.41. The van der Waals surface area contributed by atoms with Crippen molar-refractivity contribution in [3.63, 3.8) is 0 Å². The Kier molecular flexibility index (Phi) is 27.3. The third kappa shape index (κ3) is 24.0. The lowest BCUT2D eigenvalue weighted by molar-refractivity contribution is -0.117. The van der Waals surface area contributed by atoms with Gasteiger partial charge in [-0.15, -0.1) is 11.8 Å². The molecule has 2 amide bonds. The summed E-state index contributed by atoms with van der Waals surface area (Å²) in [6.45, 7) is 17.9. The topological polar surface area (TPSA) is 84.0 Å². The molecule has 0 heterocycles. The second-order valence-corrected chi connectivity index (χ2v) is 20.0. The molecule has 0 saturated carbocycles. The minimum Gasteiger partial charge on any atom is -0.316 e. The SMILES string of the molecule is C.C.CC(=O)N(C)c1ccc(C(F)(F)CS(=O)(=O)Cl)c(C)c1.CC(C)(C)OCl.CCCCCCCCCC(C)(C)SCC(F)(F)c1ccc(N(C)C(C)=O)cc1C. The first-order valence-electron chi connectivity index (χ1n) is 18.3. The Hall–Kier alpha value is -2.06. The molecule has 332 valence electrons. The molecule has 0 unspecified atom stereocenters. The van der Waals surface area contributed by atoms with Crippen LogP contribution in [-0.2, 0) is 34.8 Å². The second-order valence-electron chi connectivity index (χ2n) is 15.4. The number of amides is 2. The van der Waals surface area contributed by atoms with E-state index in [-0.39, 0.29) is 53.9 Å². The molecule has 2 aromatic carbocycles. The smallest absolute Gasteiger partial charge is 0.288 e. The van der Waals surface area contributed by atoms with Crippen molar-refractivity contribution in [2.75, 3.05) is 35.4 Å². The highest BCUT2D eigenvalue weighted by atomic mass is 35.7. The summed E-state index contributed by atoms with van der Waals surface area (Å²) in [5.74, 6) is -8.53. The zero-order valence-corrected chi connectivity index (χ0v) is 37.7. The van der Waals surface area contributed by atoms with E-state index >= 15 is 0 Å². The second kappa shape index (κ2) is 26.2. The van der Waals surface area contributed by atoms with Crippen LogP contribution < -0.4 is 9.80 Å². The number of hydrogen-bond acceptors (Lipinski definition) is 6. The lowest BCUT2D eigenvalue weighted by atomic mass is 10.0. The van der Waals surface area contributed by atoms with Crippen molar-refractivity contribution in [1.82, 2.24) is 0 Å². The summed E-state index contributed by atoms with van der Waals surface area (Å²) in [7, 11) is 3.72. The van der Waals surface area contributed by atoms with E-state index in [1.807, 2.05) is 20.8 Å². The molecule has 15 heteroatoms. The number of aryl methyl sites for hydroxylation is 2. The monoisotopic (exact) mass is 892 g/mol. The van der Waals surface area contributed by atoms with Gasteiger partial charge in [-0.25, -0.2) is 26.0 Å². The van der Waals surface area contributed by atoms with E-state index < -0.39 is 32.2 Å². The molecule has 0 N–H and O–H groups in total. The van der Waals surface area contributed by atoms with Crippen LogP contribution in [0.1, 0.15) is 144 Å². The summed E-state index contributed by atoms with van der Waals surface area (Å²) in [5.41, 5.74) is 1.22. The predicted octanol–water partition coefficient (Wildman–Crippen LogP) is 13.6. The van der Waals surface area contributed by atoms with Gasteiger partial charge < -0.3 is 9.80 Å². The molecule has 0 aliphatic rings. The zero-order valence-electron chi connectivity index (χ0n) is 34.6. The Bertz CT molecular complexity index is 1620. The van der Waals surface area contributed by atoms with E-state index in [1.54, 1.807) is 26.1 Å². The third-order valence-corrected chi connectivity index (χ3v) is 11.5. The van der Waals surface area contributed by atoms with Gasteiger partial charge in [0.1, 0.15) is 5.75 Å². The van der Waals surface area contributed by atoms with Crippen molar-refractivity contribution in [3.8, 4) is 0 Å². The minimum atomic E-state index is -4.33. The van der Waals surface area contributed by atoms with Crippen LogP contribution in [0.15, 0.2) is 36.4 Å². The Morgan fingerprint density at radius 3 is 1.44 bits per heavy atom. The van der Waals surface area contributed by atoms with Crippen LogP contribution in [0.3, 0.4) is 0 Å². The van der Waals surface area contributed by atoms with Gasteiger partial charge in [0.05, 0.1) is 23.2 Å². The number of carbonyl (C=O) groups excluding carboxylic acids is 2. The van der Waals surface area contributed by atoms with E-state index in [4.69, 9.17) is 22.5 Å². The lowest BCUT2D eigenvalue weighted by Crippen LogP contribution is -2.25. The maximum Gasteiger partial charge on any atom is 0.288 e. The summed E-state index contributed by atoms with van der Waals surface area (Å²) in [6, 6.07) is 8.56. The zero-order chi connectivity index (χ0) is 43.0. The van der Waals surface area contributed by atoms with Crippen LogP contribution in [-0.4, -0.2) is 56.2 Å². The van der Waals surface area contributed by atoms with E-state index in [9.17, 15) is 35.6 Å². The summed E-state index contributed by atoms with van der Waals surface area (Å²) in [5, 5.41) is 0. The van der Waals surface area contributed by atoms with Gasteiger partial charge >= 0.3 is 0 Å². The number of nitrogens with zero attached hydrogens (tertiary/aromatic N) is 2. The Balaban J connectivity index is -0.000000904. The number of thioether (sulfide) groups is 1. The van der Waals surface area contributed by atoms with Gasteiger partial charge in [-0.1, -0.05) is 92.7 Å². The Labute approximate surface area is 356 Å². The van der Waals surface area contributed by atoms with Gasteiger partial charge in [0.15, 0.2) is 0 Å². The van der Waals surface area contributed by atoms with E-state index in [0.717, 1.165) is 18.9 Å². The van der Waals surface area contributed by atoms with Gasteiger partial charge in [-0.2, -0.15) is 0 Å². The molecule has 57 heavy (non-hydrogen) atoms. The maximum absolute atomic E-state index is 14.9. The van der Waals surface area contributed by atoms with Crippen molar-refractivity contribution < 1.29 is 39.9 Å². The fraction of sp³-hybridized carbons (Fsp3) is 0.667. The first-order chi connectivity index (χ1) is 25.0. The lowest BCUT2D eigenvalue weighted by Gasteiger charge is -2.28. The normalized spacial score (nSPS) is 11.8. The van der Waals surface area contributed by atoms with E-state index in [2.05, 4.69) is 25.1 Å². The molecule has 0 spiro atoms. The van der Waals surface area contributed by atoms with Crippen molar-refractivity contribution in [2.45, 2.75) is 158 Å². The van der Waals surface area contributed by atoms with Crippen LogP contribution in [0.2, 0.25) is 0 Å². The van der Waals surface area contributed by atoms with Crippen molar-refractivity contribution in [3.05, 3.63) is 58.7 Å². The van der Waals surface area contributed by atoms with Crippen LogP contribution in [0, 0.1) is 13.8 Å². The van der Waals surface area contributed by atoms with Gasteiger partial charge in [0, 0.05) is 65.9 Å². The molecule has 0 aromatic heterocycles. The molecular weight excluding hydrogens is 824 g/mol. The summed E-state index contributed by atoms with van der Waals surface area (Å²) in [6.07, 6.45) is 9.65. The summed E-state index contributed by atoms with van der Waals surface area (Å²) < 4.78 is 83.4. The molecule has 2 rings (SSSR count). The Morgan fingerprint density at radius 1 is 0.737 bits per heavy atom. The molecule has 0 saturated heterocycles. The summed E-state index contributed by atoms with van der Waals surface area (Å²) >= 11 is 6.34. The minimum absolute atomic E-state index is 0. The molecule has 0 radical (unpaired) electrons. The fourth-order valence-corrected chi connectivity index (χ4v) is 7.15. The average molecular weight is 894 g/mol. The number of rotatable bonds is 17. The van der Waals surface area contributed by atoms with Gasteiger partial charge in [-0.3, -0.25) is 13.9 Å². The number of carbonyl (C=O) groups is 2. The Morgan fingerprint density at radius 2 is 1.11 bits per heavy atom. The standard InChI is InChI=1S/C24H39F2NOS.C12H14ClF2NO3S.C4H9ClO.2CH4/c1-7-8-9-10-11-12-13-16-23(4,5)29-18-24(25,26)22-15-14-21(17-19(22)2)27(6)20(3)28;1-8-6-10(16(3)9(2)17)4-5-11(8)12(14,15)7-20(13,18)19;1-4(2,3)6-5;;/h14-15,17H,7-13,16,18H2,1-6H3;4-6H,7H2,1-3H3;1-3H3;2*1H4. The van der Waals surface area contributed by atoms with Crippen LogP contribution in [0.4, 0.5) is 28.9 Å². The quantitative estimate of drug-likeness (QED) is 0.0893. The largest absolute Gasteiger partial charge is 0.316 e. The molecule has 0 aliphatic carbocycles. The molecule has 0 fully saturated rings. The van der Waals surface area contributed by atoms with Crippen LogP contribution >= 0.6 is 34.3 Å². The van der Waals surface area contributed by atoms with E-state index in [1.165, 1.54) is 106 Å². The van der Waals surface area contributed by atoms with Crippen LogP contribution in [0.5, 0.6) is 0 Å². The predicted molar refractivity (Wildman–Crippen MR) is 237 cm³/mol. The number of halogens is 6. The molecule has 7 nitrogen and oxygen atoms in total. The van der Waals surface area contributed by atoms with Gasteiger partial charge in [0.2, 0.25) is 20.9 Å². The number of hydrogen-bond donors (Lipinski definition) is 0. The number of benzene rings is 2. The maximum atomic E-state index is 14.9. The highest BCUT2D eigenvalue weighted by molar-refractivity contribution is 8.13. The molecule has 2 aromatic rings. The number of anilines is 2. The fourth-order valence-electron chi connectivity index (χ4n) is 5.14.